The molecule has 0 fully saturated rings. The van der Waals surface area contributed by atoms with Gasteiger partial charge in [0.2, 0.25) is 0 Å². The number of benzene rings is 1. The first-order valence-electron chi connectivity index (χ1n) is 4.95. The minimum Gasteiger partial charge on any atom is -0.462 e. The summed E-state index contributed by atoms with van der Waals surface area (Å²) in [5.74, 6) is -0.329. The molecule has 0 N–H and O–H groups in total. The van der Waals surface area contributed by atoms with E-state index < -0.39 is 0 Å². The zero-order valence-corrected chi connectivity index (χ0v) is 8.83. The average Bonchev–Trinajstić information content (AvgIpc) is 2.83. The zero-order chi connectivity index (χ0) is 11.4. The molecule has 1 heterocycles. The summed E-state index contributed by atoms with van der Waals surface area (Å²) >= 11 is 0. The van der Waals surface area contributed by atoms with Gasteiger partial charge in [-0.15, -0.1) is 5.10 Å². The van der Waals surface area contributed by atoms with Crippen LogP contribution in [-0.2, 0) is 4.74 Å². The second-order valence-electron chi connectivity index (χ2n) is 3.12. The molecular weight excluding hydrogens is 206 g/mol. The van der Waals surface area contributed by atoms with Crippen molar-refractivity contribution in [2.45, 2.75) is 6.92 Å². The highest BCUT2D eigenvalue weighted by Crippen LogP contribution is 2.10. The van der Waals surface area contributed by atoms with Gasteiger partial charge in [-0.3, -0.25) is 0 Å². The maximum absolute atomic E-state index is 11.5. The van der Waals surface area contributed by atoms with Crippen molar-refractivity contribution in [3.05, 3.63) is 42.2 Å². The van der Waals surface area contributed by atoms with E-state index in [0.717, 1.165) is 5.69 Å². The second kappa shape index (κ2) is 4.57. The summed E-state index contributed by atoms with van der Waals surface area (Å²) in [6, 6.07) is 7.05. The predicted molar refractivity (Wildman–Crippen MR) is 57.3 cm³/mol. The maximum atomic E-state index is 11.5. The minimum atomic E-state index is -0.329. The molecule has 0 amide bonds. The third-order valence-electron chi connectivity index (χ3n) is 2.04. The summed E-state index contributed by atoms with van der Waals surface area (Å²) in [5.41, 5.74) is 1.29. The zero-order valence-electron chi connectivity index (χ0n) is 8.83. The van der Waals surface area contributed by atoms with Crippen molar-refractivity contribution < 1.29 is 9.53 Å². The van der Waals surface area contributed by atoms with E-state index in [2.05, 4.69) is 10.3 Å². The van der Waals surface area contributed by atoms with E-state index in [9.17, 15) is 4.79 Å². The molecule has 1 aromatic carbocycles. The lowest BCUT2D eigenvalue weighted by molar-refractivity contribution is 0.0526. The third kappa shape index (κ3) is 2.08. The Hall–Kier alpha value is -2.17. The molecule has 16 heavy (non-hydrogen) atoms. The van der Waals surface area contributed by atoms with Gasteiger partial charge in [0.1, 0.15) is 0 Å². The number of hydrogen-bond donors (Lipinski definition) is 0. The van der Waals surface area contributed by atoms with Crippen LogP contribution in [0, 0.1) is 0 Å². The Bertz CT molecular complexity index is 480. The van der Waals surface area contributed by atoms with E-state index in [0.29, 0.717) is 12.2 Å². The van der Waals surface area contributed by atoms with Gasteiger partial charge in [-0.2, -0.15) is 0 Å². The summed E-state index contributed by atoms with van der Waals surface area (Å²) in [6.07, 6.45) is 3.29. The molecular formula is C11H11N3O2. The first-order valence-corrected chi connectivity index (χ1v) is 4.95. The molecule has 2 aromatic rings. The molecule has 0 atom stereocenters. The van der Waals surface area contributed by atoms with Gasteiger partial charge in [0, 0.05) is 0 Å². The van der Waals surface area contributed by atoms with Crippen LogP contribution in [0.25, 0.3) is 5.69 Å². The van der Waals surface area contributed by atoms with Crippen molar-refractivity contribution in [3.63, 3.8) is 0 Å². The highest BCUT2D eigenvalue weighted by molar-refractivity contribution is 5.90. The molecule has 0 unspecified atom stereocenters. The summed E-state index contributed by atoms with van der Waals surface area (Å²) < 4.78 is 6.50. The molecule has 5 heteroatoms. The van der Waals surface area contributed by atoms with Crippen LogP contribution in [0.4, 0.5) is 0 Å². The smallest absolute Gasteiger partial charge is 0.338 e. The van der Waals surface area contributed by atoms with Crippen molar-refractivity contribution in [1.29, 1.82) is 0 Å². The van der Waals surface area contributed by atoms with Crippen molar-refractivity contribution >= 4 is 5.97 Å². The van der Waals surface area contributed by atoms with Gasteiger partial charge >= 0.3 is 5.97 Å². The molecule has 0 radical (unpaired) electrons. The number of carbonyl (C=O) groups excluding carboxylic acids is 1. The van der Waals surface area contributed by atoms with Crippen LogP contribution in [0.5, 0.6) is 0 Å². The second-order valence-corrected chi connectivity index (χ2v) is 3.12. The number of carbonyl (C=O) groups is 1. The van der Waals surface area contributed by atoms with Gasteiger partial charge in [0.05, 0.1) is 30.3 Å². The van der Waals surface area contributed by atoms with Gasteiger partial charge in [0.15, 0.2) is 0 Å². The Labute approximate surface area is 92.7 Å². The molecule has 0 saturated carbocycles. The first kappa shape index (κ1) is 10.4. The van der Waals surface area contributed by atoms with Crippen molar-refractivity contribution in [2.24, 2.45) is 0 Å². The fraction of sp³-hybridized carbons (Fsp3) is 0.182. The van der Waals surface area contributed by atoms with Gasteiger partial charge < -0.3 is 4.74 Å². The van der Waals surface area contributed by atoms with Crippen molar-refractivity contribution in [3.8, 4) is 5.69 Å². The van der Waals surface area contributed by atoms with Crippen LogP contribution in [0.3, 0.4) is 0 Å². The van der Waals surface area contributed by atoms with E-state index in [1.54, 1.807) is 42.2 Å². The fourth-order valence-corrected chi connectivity index (χ4v) is 1.34. The number of hydrogen-bond acceptors (Lipinski definition) is 4. The normalized spacial score (nSPS) is 10.1. The largest absolute Gasteiger partial charge is 0.462 e. The molecule has 0 aliphatic heterocycles. The number of ether oxygens (including phenoxy) is 1. The molecule has 0 aliphatic carbocycles. The van der Waals surface area contributed by atoms with Crippen LogP contribution in [-0.4, -0.2) is 27.6 Å². The number of nitrogens with zero attached hydrogens (tertiary/aromatic N) is 3. The molecule has 0 spiro atoms. The van der Waals surface area contributed by atoms with Gasteiger partial charge in [0.25, 0.3) is 0 Å². The summed E-state index contributed by atoms with van der Waals surface area (Å²) in [7, 11) is 0. The predicted octanol–water partition coefficient (Wildman–Crippen LogP) is 1.44. The summed E-state index contributed by atoms with van der Waals surface area (Å²) in [4.78, 5) is 11.5. The number of esters is 1. The van der Waals surface area contributed by atoms with Gasteiger partial charge in [-0.1, -0.05) is 11.3 Å². The van der Waals surface area contributed by atoms with Crippen LogP contribution >= 0.6 is 0 Å². The minimum absolute atomic E-state index is 0.329. The van der Waals surface area contributed by atoms with E-state index in [4.69, 9.17) is 4.74 Å². The Morgan fingerprint density at radius 3 is 3.06 bits per heavy atom. The van der Waals surface area contributed by atoms with Crippen LogP contribution in [0.15, 0.2) is 36.7 Å². The Morgan fingerprint density at radius 1 is 1.50 bits per heavy atom. The Balaban J connectivity index is 2.30. The lowest BCUT2D eigenvalue weighted by Gasteiger charge is -2.04. The molecule has 2 rings (SSSR count). The highest BCUT2D eigenvalue weighted by atomic mass is 16.5. The van der Waals surface area contributed by atoms with E-state index >= 15 is 0 Å². The SMILES string of the molecule is CCOC(=O)c1cccc(-n2ccnn2)c1. The van der Waals surface area contributed by atoms with E-state index in [1.807, 2.05) is 6.07 Å². The third-order valence-corrected chi connectivity index (χ3v) is 2.04. The van der Waals surface area contributed by atoms with Crippen LogP contribution in [0.1, 0.15) is 17.3 Å². The maximum Gasteiger partial charge on any atom is 0.338 e. The summed E-state index contributed by atoms with van der Waals surface area (Å²) in [5, 5.41) is 7.55. The fourth-order valence-electron chi connectivity index (χ4n) is 1.34. The molecule has 0 saturated heterocycles. The van der Waals surface area contributed by atoms with Crippen LogP contribution < -0.4 is 0 Å². The van der Waals surface area contributed by atoms with Gasteiger partial charge in [-0.25, -0.2) is 9.48 Å². The molecule has 82 valence electrons. The molecule has 0 bridgehead atoms. The number of rotatable bonds is 3. The van der Waals surface area contributed by atoms with Gasteiger partial charge in [-0.05, 0) is 25.1 Å². The highest BCUT2D eigenvalue weighted by Gasteiger charge is 2.07. The molecule has 5 nitrogen and oxygen atoms in total. The average molecular weight is 217 g/mol. The Kier molecular flexibility index (Phi) is 2.95. The Morgan fingerprint density at radius 2 is 2.38 bits per heavy atom. The molecule has 0 aliphatic rings. The standard InChI is InChI=1S/C11H11N3O2/c1-2-16-11(15)9-4-3-5-10(8-9)14-7-6-12-13-14/h3-8H,2H2,1H3. The first-order chi connectivity index (χ1) is 7.81. The van der Waals surface area contributed by atoms with Crippen molar-refractivity contribution in [2.75, 3.05) is 6.61 Å². The lowest BCUT2D eigenvalue weighted by Crippen LogP contribution is -2.05. The molecule has 1 aromatic heterocycles. The van der Waals surface area contributed by atoms with E-state index in [1.165, 1.54) is 0 Å². The summed E-state index contributed by atoms with van der Waals surface area (Å²) in [6.45, 7) is 2.14. The topological polar surface area (TPSA) is 57.0 Å². The quantitative estimate of drug-likeness (QED) is 0.730. The number of aromatic nitrogens is 3. The lowest BCUT2D eigenvalue weighted by atomic mass is 10.2. The van der Waals surface area contributed by atoms with Crippen molar-refractivity contribution in [1.82, 2.24) is 15.0 Å². The van der Waals surface area contributed by atoms with Crippen LogP contribution in [0.2, 0.25) is 0 Å². The monoisotopic (exact) mass is 217 g/mol. The van der Waals surface area contributed by atoms with E-state index in [-0.39, 0.29) is 5.97 Å².